The molecule has 0 aromatic heterocycles. The first-order valence-electron chi connectivity index (χ1n) is 14.4. The Kier molecular flexibility index (Phi) is 12.0. The summed E-state index contributed by atoms with van der Waals surface area (Å²) in [4.78, 5) is 24.6. The minimum Gasteiger partial charge on any atom is -0.493 e. The van der Waals surface area contributed by atoms with Crippen molar-refractivity contribution in [1.29, 1.82) is 5.26 Å². The highest BCUT2D eigenvalue weighted by atomic mass is 79.9. The molecule has 0 bridgehead atoms. The van der Waals surface area contributed by atoms with Crippen molar-refractivity contribution in [3.63, 3.8) is 0 Å². The predicted octanol–water partition coefficient (Wildman–Crippen LogP) is 4.43. The lowest BCUT2D eigenvalue weighted by Crippen LogP contribution is -2.45. The minimum absolute atomic E-state index is 0.182. The molecule has 0 aliphatic carbocycles. The number of allylic oxidation sites excluding steroid dienone is 1. The molecule has 2 atom stereocenters. The van der Waals surface area contributed by atoms with Crippen LogP contribution in [-0.4, -0.2) is 57.0 Å². The molecule has 3 aromatic rings. The molecule has 4 rings (SSSR count). The lowest BCUT2D eigenvalue weighted by atomic mass is 9.95. The normalized spacial score (nSPS) is 14.8. The molecule has 1 aliphatic rings. The van der Waals surface area contributed by atoms with E-state index in [9.17, 15) is 20.0 Å². The second kappa shape index (κ2) is 16.3. The summed E-state index contributed by atoms with van der Waals surface area (Å²) in [6, 6.07) is 16.5. The van der Waals surface area contributed by atoms with Crippen molar-refractivity contribution >= 4 is 34.1 Å². The second-order valence-electron chi connectivity index (χ2n) is 10.00. The van der Waals surface area contributed by atoms with E-state index >= 15 is 0 Å². The fraction of sp³-hybridized carbons (Fsp3) is 0.273. The van der Waals surface area contributed by atoms with Crippen LogP contribution in [0, 0.1) is 11.3 Å². The smallest absolute Gasteiger partial charge is 0.337 e. The van der Waals surface area contributed by atoms with Gasteiger partial charge in [-0.15, -0.1) is 0 Å². The first kappa shape index (κ1) is 34.6. The van der Waals surface area contributed by atoms with E-state index in [0.717, 1.165) is 5.56 Å². The van der Waals surface area contributed by atoms with Crippen molar-refractivity contribution in [2.45, 2.75) is 32.7 Å². The van der Waals surface area contributed by atoms with Gasteiger partial charge in [0.1, 0.15) is 13.2 Å². The van der Waals surface area contributed by atoms with Crippen molar-refractivity contribution in [2.75, 3.05) is 27.4 Å². The Balaban J connectivity index is 1.40. The van der Waals surface area contributed by atoms with E-state index < -0.39 is 24.3 Å². The van der Waals surface area contributed by atoms with Crippen LogP contribution in [0.25, 0.3) is 0 Å². The van der Waals surface area contributed by atoms with Gasteiger partial charge in [-0.25, -0.2) is 9.59 Å². The molecule has 0 unspecified atom stereocenters. The maximum absolute atomic E-state index is 12.5. The van der Waals surface area contributed by atoms with Crippen LogP contribution in [0.1, 0.15) is 42.1 Å². The number of esters is 1. The second-order valence-corrected chi connectivity index (χ2v) is 10.9. The zero-order chi connectivity index (χ0) is 33.9. The largest absolute Gasteiger partial charge is 0.493 e. The van der Waals surface area contributed by atoms with Crippen LogP contribution >= 0.6 is 15.9 Å². The number of aliphatic hydroxyl groups excluding tert-OH is 1. The van der Waals surface area contributed by atoms with Crippen molar-refractivity contribution in [3.8, 4) is 29.1 Å². The van der Waals surface area contributed by atoms with Crippen LogP contribution in [-0.2, 0) is 16.1 Å². The SMILES string of the molecule is CCOc1cc([C@H]2NC(=O)NC(C)=C2C(=O)OC)ccc1OC[C@@H](O)N/N=C\c1cc(OC)c(OCc2ccccc2C#N)cc1Br. The molecule has 47 heavy (non-hydrogen) atoms. The van der Waals surface area contributed by atoms with Gasteiger partial charge in [0.25, 0.3) is 0 Å². The van der Waals surface area contributed by atoms with Crippen molar-refractivity contribution in [1.82, 2.24) is 16.1 Å². The first-order valence-corrected chi connectivity index (χ1v) is 15.2. The highest BCUT2D eigenvalue weighted by Gasteiger charge is 2.32. The highest BCUT2D eigenvalue weighted by molar-refractivity contribution is 9.10. The molecule has 0 fully saturated rings. The molecule has 2 amide bonds. The number of amides is 2. The number of rotatable bonds is 14. The number of aliphatic hydroxyl groups is 1. The van der Waals surface area contributed by atoms with Gasteiger partial charge in [0.15, 0.2) is 29.2 Å². The van der Waals surface area contributed by atoms with Gasteiger partial charge < -0.3 is 39.4 Å². The number of ether oxygens (including phenoxy) is 5. The Bertz CT molecular complexity index is 1720. The van der Waals surface area contributed by atoms with Crippen LogP contribution < -0.4 is 35.0 Å². The number of hydrogen-bond donors (Lipinski definition) is 4. The van der Waals surface area contributed by atoms with Gasteiger partial charge in [-0.1, -0.05) is 24.3 Å². The summed E-state index contributed by atoms with van der Waals surface area (Å²) in [5.41, 5.74) is 5.74. The van der Waals surface area contributed by atoms with Gasteiger partial charge in [0, 0.05) is 21.3 Å². The average molecular weight is 709 g/mol. The monoisotopic (exact) mass is 707 g/mol. The standard InChI is InChI=1S/C33H34BrN5O8/c1-5-45-27-12-20(31-30(32(41)44-4)19(2)37-33(42)38-31)10-11-25(27)47-18-29(40)39-36-16-23-13-26(43-3)28(14-24(23)34)46-17-22-9-7-6-8-21(22)15-35/h6-14,16,29,31,39-40H,5,17-18H2,1-4H3,(H2,37,38,42)/b36-16-/t29-,31-/m1/s1. The topological polar surface area (TPSA) is 173 Å². The van der Waals surface area contributed by atoms with Crippen LogP contribution in [0.2, 0.25) is 0 Å². The maximum Gasteiger partial charge on any atom is 0.337 e. The van der Waals surface area contributed by atoms with E-state index in [1.165, 1.54) is 20.4 Å². The van der Waals surface area contributed by atoms with Crippen molar-refractivity contribution in [2.24, 2.45) is 5.10 Å². The first-order chi connectivity index (χ1) is 22.7. The zero-order valence-electron chi connectivity index (χ0n) is 26.1. The number of carbonyl (C=O) groups excluding carboxylic acids is 2. The molecule has 13 nitrogen and oxygen atoms in total. The number of halogens is 1. The molecule has 3 aromatic carbocycles. The zero-order valence-corrected chi connectivity index (χ0v) is 27.7. The van der Waals surface area contributed by atoms with Crippen molar-refractivity contribution < 1.29 is 38.4 Å². The van der Waals surface area contributed by atoms with E-state index in [0.29, 0.717) is 56.5 Å². The maximum atomic E-state index is 12.5. The summed E-state index contributed by atoms with van der Waals surface area (Å²) in [5.74, 6) is 1.03. The molecule has 1 aliphatic heterocycles. The summed E-state index contributed by atoms with van der Waals surface area (Å²) >= 11 is 3.51. The quantitative estimate of drug-likeness (QED) is 0.0813. The third-order valence-electron chi connectivity index (χ3n) is 6.90. The number of nitrogens with zero attached hydrogens (tertiary/aromatic N) is 2. The Labute approximate surface area is 280 Å². The Morgan fingerprint density at radius 3 is 2.60 bits per heavy atom. The summed E-state index contributed by atoms with van der Waals surface area (Å²) in [5, 5.41) is 29.3. The van der Waals surface area contributed by atoms with Crippen LogP contribution in [0.3, 0.4) is 0 Å². The van der Waals surface area contributed by atoms with Gasteiger partial charge in [-0.05, 0) is 65.7 Å². The van der Waals surface area contributed by atoms with Gasteiger partial charge in [-0.3, -0.25) is 5.43 Å². The molecule has 14 heteroatoms. The lowest BCUT2D eigenvalue weighted by molar-refractivity contribution is -0.136. The summed E-state index contributed by atoms with van der Waals surface area (Å²) in [7, 11) is 2.78. The number of nitriles is 1. The van der Waals surface area contributed by atoms with Gasteiger partial charge in [0.2, 0.25) is 0 Å². The molecular formula is C33H34BrN5O8. The number of hydrogen-bond acceptors (Lipinski definition) is 11. The lowest BCUT2D eigenvalue weighted by Gasteiger charge is -2.28. The Morgan fingerprint density at radius 2 is 1.87 bits per heavy atom. The number of hydrazone groups is 1. The molecular weight excluding hydrogens is 674 g/mol. The molecule has 0 spiro atoms. The van der Waals surface area contributed by atoms with E-state index in [4.69, 9.17) is 23.7 Å². The third-order valence-corrected chi connectivity index (χ3v) is 7.59. The molecule has 0 saturated heterocycles. The third kappa shape index (κ3) is 8.72. The van der Waals surface area contributed by atoms with Crippen LogP contribution in [0.4, 0.5) is 4.79 Å². The predicted molar refractivity (Wildman–Crippen MR) is 175 cm³/mol. The minimum atomic E-state index is -1.19. The molecule has 0 saturated carbocycles. The van der Waals surface area contributed by atoms with Gasteiger partial charge in [-0.2, -0.15) is 10.4 Å². The van der Waals surface area contributed by atoms with Gasteiger partial charge in [0.05, 0.1) is 50.3 Å². The number of methoxy groups -OCH3 is 2. The molecule has 246 valence electrons. The van der Waals surface area contributed by atoms with E-state index in [1.54, 1.807) is 56.3 Å². The molecule has 1 heterocycles. The summed E-state index contributed by atoms with van der Waals surface area (Å²) in [6.07, 6.45) is 0.302. The summed E-state index contributed by atoms with van der Waals surface area (Å²) in [6.45, 7) is 3.74. The molecule has 4 N–H and O–H groups in total. The number of nitrogens with one attached hydrogen (secondary N) is 3. The van der Waals surface area contributed by atoms with Crippen LogP contribution in [0.15, 0.2) is 75.4 Å². The average Bonchev–Trinajstić information content (AvgIpc) is 3.07. The Hall–Kier alpha value is -5.26. The van der Waals surface area contributed by atoms with E-state index in [2.05, 4.69) is 43.2 Å². The summed E-state index contributed by atoms with van der Waals surface area (Å²) < 4.78 is 28.6. The number of urea groups is 1. The Morgan fingerprint density at radius 1 is 1.11 bits per heavy atom. The number of benzene rings is 3. The fourth-order valence-corrected chi connectivity index (χ4v) is 5.07. The fourth-order valence-electron chi connectivity index (χ4n) is 4.65. The van der Waals surface area contributed by atoms with E-state index in [1.807, 2.05) is 12.1 Å². The van der Waals surface area contributed by atoms with Crippen molar-refractivity contribution in [3.05, 3.63) is 92.6 Å². The number of carbonyl (C=O) groups is 2. The highest BCUT2D eigenvalue weighted by Crippen LogP contribution is 2.35. The van der Waals surface area contributed by atoms with Crippen LogP contribution in [0.5, 0.6) is 23.0 Å². The molecule has 0 radical (unpaired) electrons. The van der Waals surface area contributed by atoms with E-state index in [-0.39, 0.29) is 18.8 Å². The van der Waals surface area contributed by atoms with Gasteiger partial charge >= 0.3 is 12.0 Å².